The van der Waals surface area contributed by atoms with Crippen LogP contribution in [0.2, 0.25) is 10.0 Å². The van der Waals surface area contributed by atoms with E-state index in [1.54, 1.807) is 43.5 Å². The Morgan fingerprint density at radius 3 is 2.70 bits per heavy atom. The molecule has 0 saturated heterocycles. The van der Waals surface area contributed by atoms with E-state index in [-0.39, 0.29) is 10.9 Å². The van der Waals surface area contributed by atoms with Crippen LogP contribution in [-0.4, -0.2) is 13.0 Å². The third-order valence-corrected chi connectivity index (χ3v) is 4.13. The topological polar surface area (TPSA) is 38.3 Å². The maximum Gasteiger partial charge on any atom is 0.257 e. The summed E-state index contributed by atoms with van der Waals surface area (Å²) < 4.78 is 5.86. The summed E-state index contributed by atoms with van der Waals surface area (Å²) in [5, 5.41) is 3.32. The molecule has 20 heavy (non-hydrogen) atoms. The summed E-state index contributed by atoms with van der Waals surface area (Å²) in [6, 6.07) is 10.2. The van der Waals surface area contributed by atoms with Crippen molar-refractivity contribution in [3.63, 3.8) is 0 Å². The molecule has 3 nitrogen and oxygen atoms in total. The van der Waals surface area contributed by atoms with E-state index in [1.165, 1.54) is 0 Å². The van der Waals surface area contributed by atoms with Crippen LogP contribution in [0.1, 0.15) is 10.4 Å². The van der Waals surface area contributed by atoms with Gasteiger partial charge in [0, 0.05) is 10.5 Å². The number of hydrogen-bond donors (Lipinski definition) is 1. The van der Waals surface area contributed by atoms with Gasteiger partial charge < -0.3 is 10.1 Å². The number of carbonyl (C=O) groups is 1. The first-order valence-electron chi connectivity index (χ1n) is 5.62. The number of benzene rings is 2. The number of anilines is 1. The number of ether oxygens (including phenoxy) is 1. The fourth-order valence-electron chi connectivity index (χ4n) is 1.60. The average molecular weight is 375 g/mol. The van der Waals surface area contributed by atoms with E-state index < -0.39 is 0 Å². The van der Waals surface area contributed by atoms with Crippen molar-refractivity contribution < 1.29 is 9.53 Å². The predicted octanol–water partition coefficient (Wildman–Crippen LogP) is 5.02. The van der Waals surface area contributed by atoms with Gasteiger partial charge in [-0.05, 0) is 40.2 Å². The maximum absolute atomic E-state index is 12.2. The highest BCUT2D eigenvalue weighted by Crippen LogP contribution is 2.30. The highest BCUT2D eigenvalue weighted by Gasteiger charge is 2.14. The van der Waals surface area contributed by atoms with Gasteiger partial charge in [-0.25, -0.2) is 0 Å². The zero-order chi connectivity index (χ0) is 14.7. The molecule has 0 atom stereocenters. The van der Waals surface area contributed by atoms with Crippen LogP contribution < -0.4 is 10.1 Å². The first-order valence-corrected chi connectivity index (χ1v) is 7.16. The molecular weight excluding hydrogens is 365 g/mol. The molecule has 0 saturated carbocycles. The van der Waals surface area contributed by atoms with Gasteiger partial charge in [0.05, 0.1) is 28.4 Å². The van der Waals surface area contributed by atoms with Crippen LogP contribution in [-0.2, 0) is 0 Å². The summed E-state index contributed by atoms with van der Waals surface area (Å²) in [6.07, 6.45) is 0. The molecule has 104 valence electrons. The normalized spacial score (nSPS) is 10.2. The molecule has 2 rings (SSSR count). The molecule has 0 aliphatic heterocycles. The Hall–Kier alpha value is -1.23. The second-order valence-electron chi connectivity index (χ2n) is 3.90. The summed E-state index contributed by atoms with van der Waals surface area (Å²) in [7, 11) is 1.56. The van der Waals surface area contributed by atoms with E-state index in [0.29, 0.717) is 22.0 Å². The molecule has 2 aromatic rings. The van der Waals surface area contributed by atoms with Crippen LogP contribution in [0.15, 0.2) is 40.9 Å². The average Bonchev–Trinajstić information content (AvgIpc) is 2.44. The number of rotatable bonds is 3. The Bertz CT molecular complexity index is 662. The van der Waals surface area contributed by atoms with Gasteiger partial charge in [0.15, 0.2) is 0 Å². The van der Waals surface area contributed by atoms with Crippen LogP contribution in [0, 0.1) is 0 Å². The molecular formula is C14H10BrCl2NO2. The summed E-state index contributed by atoms with van der Waals surface area (Å²) in [5.74, 6) is 0.298. The molecule has 0 unspecified atom stereocenters. The second-order valence-corrected chi connectivity index (χ2v) is 5.54. The minimum Gasteiger partial charge on any atom is -0.497 e. The van der Waals surface area contributed by atoms with Gasteiger partial charge in [-0.1, -0.05) is 29.3 Å². The summed E-state index contributed by atoms with van der Waals surface area (Å²) >= 11 is 15.3. The van der Waals surface area contributed by atoms with E-state index in [2.05, 4.69) is 21.2 Å². The Kier molecular flexibility index (Phi) is 4.91. The largest absolute Gasteiger partial charge is 0.497 e. The molecule has 0 heterocycles. The highest BCUT2D eigenvalue weighted by atomic mass is 79.9. The summed E-state index contributed by atoms with van der Waals surface area (Å²) in [4.78, 5) is 12.2. The number of nitrogens with one attached hydrogen (secondary N) is 1. The van der Waals surface area contributed by atoms with E-state index in [9.17, 15) is 4.79 Å². The summed E-state index contributed by atoms with van der Waals surface area (Å²) in [6.45, 7) is 0. The van der Waals surface area contributed by atoms with Crippen molar-refractivity contribution >= 4 is 50.7 Å². The van der Waals surface area contributed by atoms with Crippen LogP contribution in [0.5, 0.6) is 5.75 Å². The smallest absolute Gasteiger partial charge is 0.257 e. The Morgan fingerprint density at radius 1 is 1.25 bits per heavy atom. The minimum absolute atomic E-state index is 0.227. The van der Waals surface area contributed by atoms with Gasteiger partial charge in [-0.15, -0.1) is 0 Å². The van der Waals surface area contributed by atoms with E-state index >= 15 is 0 Å². The standard InChI is InChI=1S/C14H10BrCl2NO2/c1-20-8-5-6-10(15)12(7-8)18-14(19)9-3-2-4-11(16)13(9)17/h2-7H,1H3,(H,18,19). The third-order valence-electron chi connectivity index (χ3n) is 2.62. The molecule has 0 aliphatic rings. The monoisotopic (exact) mass is 373 g/mol. The summed E-state index contributed by atoms with van der Waals surface area (Å²) in [5.41, 5.74) is 0.902. The van der Waals surface area contributed by atoms with Crippen molar-refractivity contribution in [3.05, 3.63) is 56.5 Å². The van der Waals surface area contributed by atoms with Crippen molar-refractivity contribution in [1.82, 2.24) is 0 Å². The first-order chi connectivity index (χ1) is 9.52. The van der Waals surface area contributed by atoms with Gasteiger partial charge >= 0.3 is 0 Å². The molecule has 0 aromatic heterocycles. The van der Waals surface area contributed by atoms with Crippen LogP contribution >= 0.6 is 39.1 Å². The van der Waals surface area contributed by atoms with Crippen molar-refractivity contribution in [2.45, 2.75) is 0 Å². The SMILES string of the molecule is COc1ccc(Br)c(NC(=O)c2cccc(Cl)c2Cl)c1. The van der Waals surface area contributed by atoms with E-state index in [1.807, 2.05) is 0 Å². The van der Waals surface area contributed by atoms with Gasteiger partial charge in [-0.3, -0.25) is 4.79 Å². The molecule has 0 radical (unpaired) electrons. The van der Waals surface area contributed by atoms with Crippen LogP contribution in [0.3, 0.4) is 0 Å². The molecule has 1 amide bonds. The number of halogens is 3. The lowest BCUT2D eigenvalue weighted by Crippen LogP contribution is -2.13. The highest BCUT2D eigenvalue weighted by molar-refractivity contribution is 9.10. The Balaban J connectivity index is 2.30. The predicted molar refractivity (Wildman–Crippen MR) is 85.1 cm³/mol. The van der Waals surface area contributed by atoms with E-state index in [4.69, 9.17) is 27.9 Å². The number of hydrogen-bond acceptors (Lipinski definition) is 2. The van der Waals surface area contributed by atoms with Crippen molar-refractivity contribution in [3.8, 4) is 5.75 Å². The quantitative estimate of drug-likeness (QED) is 0.819. The van der Waals surface area contributed by atoms with E-state index in [0.717, 1.165) is 4.47 Å². The van der Waals surface area contributed by atoms with Crippen LogP contribution in [0.25, 0.3) is 0 Å². The molecule has 0 fully saturated rings. The molecule has 0 aliphatic carbocycles. The third kappa shape index (κ3) is 3.26. The van der Waals surface area contributed by atoms with Crippen molar-refractivity contribution in [1.29, 1.82) is 0 Å². The van der Waals surface area contributed by atoms with Gasteiger partial charge in [0.2, 0.25) is 0 Å². The fourth-order valence-corrected chi connectivity index (χ4v) is 2.33. The molecule has 0 bridgehead atoms. The molecule has 2 aromatic carbocycles. The maximum atomic E-state index is 12.2. The fraction of sp³-hybridized carbons (Fsp3) is 0.0714. The lowest BCUT2D eigenvalue weighted by atomic mass is 10.2. The molecule has 0 spiro atoms. The van der Waals surface area contributed by atoms with Crippen molar-refractivity contribution in [2.24, 2.45) is 0 Å². The Morgan fingerprint density at radius 2 is 2.00 bits per heavy atom. The number of methoxy groups -OCH3 is 1. The Labute approximate surface area is 135 Å². The van der Waals surface area contributed by atoms with Gasteiger partial charge in [0.25, 0.3) is 5.91 Å². The first kappa shape index (κ1) is 15.2. The lowest BCUT2D eigenvalue weighted by Gasteiger charge is -2.10. The zero-order valence-electron chi connectivity index (χ0n) is 10.4. The number of carbonyl (C=O) groups excluding carboxylic acids is 1. The van der Waals surface area contributed by atoms with Crippen molar-refractivity contribution in [2.75, 3.05) is 12.4 Å². The van der Waals surface area contributed by atoms with Crippen LogP contribution in [0.4, 0.5) is 5.69 Å². The molecule has 1 N–H and O–H groups in total. The van der Waals surface area contributed by atoms with Gasteiger partial charge in [0.1, 0.15) is 5.75 Å². The minimum atomic E-state index is -0.341. The zero-order valence-corrected chi connectivity index (χ0v) is 13.5. The molecule has 6 heteroatoms. The number of amides is 1. The lowest BCUT2D eigenvalue weighted by molar-refractivity contribution is 0.102. The van der Waals surface area contributed by atoms with Gasteiger partial charge in [-0.2, -0.15) is 0 Å². The second kappa shape index (κ2) is 6.48.